The molecule has 0 spiro atoms. The van der Waals surface area contributed by atoms with Gasteiger partial charge in [-0.25, -0.2) is 15.0 Å². The summed E-state index contributed by atoms with van der Waals surface area (Å²) >= 11 is 0. The van der Waals surface area contributed by atoms with E-state index in [1.807, 2.05) is 0 Å². The zero-order valence-electron chi connectivity index (χ0n) is 13.6. The van der Waals surface area contributed by atoms with E-state index in [4.69, 9.17) is 10.5 Å². The Morgan fingerprint density at radius 3 is 2.60 bits per heavy atom. The number of ether oxygens (including phenoxy) is 1. The number of anilines is 1. The minimum Gasteiger partial charge on any atom is -0.382 e. The van der Waals surface area contributed by atoms with Crippen LogP contribution in [0.3, 0.4) is 0 Å². The number of rotatable bonds is 6. The average molecular weight is 372 g/mol. The number of fused-ring (bicyclic) bond motifs is 1. The summed E-state index contributed by atoms with van der Waals surface area (Å²) in [7, 11) is -4.45. The molecule has 0 aliphatic rings. The fraction of sp³-hybridized carbons (Fsp3) is 0.214. The number of imidazole rings is 1. The van der Waals surface area contributed by atoms with E-state index in [0.717, 1.165) is 0 Å². The van der Waals surface area contributed by atoms with E-state index in [1.165, 1.54) is 12.7 Å². The smallest absolute Gasteiger partial charge is 0.382 e. The van der Waals surface area contributed by atoms with Crippen LogP contribution in [-0.4, -0.2) is 35.9 Å². The van der Waals surface area contributed by atoms with Crippen molar-refractivity contribution in [2.45, 2.75) is 12.4 Å². The van der Waals surface area contributed by atoms with Crippen molar-refractivity contribution < 1.29 is 48.6 Å². The van der Waals surface area contributed by atoms with Crippen LogP contribution in [0.5, 0.6) is 0 Å². The predicted molar refractivity (Wildman–Crippen MR) is 86.9 cm³/mol. The van der Waals surface area contributed by atoms with Gasteiger partial charge < -0.3 is 24.8 Å². The molecule has 11 heteroatoms. The first-order chi connectivity index (χ1) is 11.5. The van der Waals surface area contributed by atoms with Crippen molar-refractivity contribution in [3.05, 3.63) is 48.5 Å². The monoisotopic (exact) mass is 372 g/mol. The molecule has 3 rings (SSSR count). The number of benzene rings is 1. The van der Waals surface area contributed by atoms with Gasteiger partial charge in [0.2, 0.25) is 0 Å². The Morgan fingerprint density at radius 1 is 1.20 bits per heavy atom. The average Bonchev–Trinajstić information content (AvgIpc) is 2.96. The van der Waals surface area contributed by atoms with Gasteiger partial charge in [0.1, 0.15) is 11.8 Å². The minimum atomic E-state index is -4.45. The molecular formula is C14H16N5NaO4P+. The molecule has 1 atom stereocenters. The Labute approximate surface area is 165 Å². The van der Waals surface area contributed by atoms with Crippen LogP contribution in [-0.2, 0) is 15.8 Å². The molecule has 2 aromatic heterocycles. The normalized spacial score (nSPS) is 12.7. The first kappa shape index (κ1) is 20.0. The first-order valence-corrected chi connectivity index (χ1v) is 8.78. The predicted octanol–water partition coefficient (Wildman–Crippen LogP) is -1.69. The molecule has 0 amide bonds. The van der Waals surface area contributed by atoms with Crippen LogP contribution in [0.4, 0.5) is 5.82 Å². The van der Waals surface area contributed by atoms with E-state index in [0.29, 0.717) is 23.3 Å². The van der Waals surface area contributed by atoms with Crippen molar-refractivity contribution in [1.29, 1.82) is 0 Å². The number of nitrogen functional groups attached to an aromatic ring is 1. The summed E-state index contributed by atoms with van der Waals surface area (Å²) in [5.41, 5.74) is 7.16. The van der Waals surface area contributed by atoms with Crippen LogP contribution in [0, 0.1) is 0 Å². The summed E-state index contributed by atoms with van der Waals surface area (Å²) in [6.45, 7) is 0.385. The van der Waals surface area contributed by atoms with Gasteiger partial charge >= 0.3 is 37.2 Å². The molecule has 126 valence electrons. The van der Waals surface area contributed by atoms with E-state index >= 15 is 0 Å². The third-order valence-corrected chi connectivity index (χ3v) is 4.49. The second kappa shape index (κ2) is 8.37. The number of hydrogen-bond donors (Lipinski definition) is 3. The molecular weight excluding hydrogens is 356 g/mol. The van der Waals surface area contributed by atoms with E-state index < -0.39 is 13.4 Å². The summed E-state index contributed by atoms with van der Waals surface area (Å²) in [5, 5.41) is 0. The molecule has 0 saturated carbocycles. The Kier molecular flexibility index (Phi) is 6.70. The number of hydrogen-bond acceptors (Lipinski definition) is 6. The van der Waals surface area contributed by atoms with Crippen LogP contribution in [0.2, 0.25) is 0 Å². The van der Waals surface area contributed by atoms with Crippen molar-refractivity contribution in [2.24, 2.45) is 0 Å². The summed E-state index contributed by atoms with van der Waals surface area (Å²) < 4.78 is 18.8. The second-order valence-electron chi connectivity index (χ2n) is 5.09. The van der Waals surface area contributed by atoms with E-state index in [1.54, 1.807) is 34.9 Å². The van der Waals surface area contributed by atoms with Gasteiger partial charge in [-0.15, -0.1) is 0 Å². The second-order valence-corrected chi connectivity index (χ2v) is 6.74. The van der Waals surface area contributed by atoms with Gasteiger partial charge in [0, 0.05) is 6.54 Å². The fourth-order valence-corrected chi connectivity index (χ4v) is 3.19. The summed E-state index contributed by atoms with van der Waals surface area (Å²) in [4.78, 5) is 31.1. The van der Waals surface area contributed by atoms with Gasteiger partial charge in [-0.3, -0.25) is 4.57 Å². The van der Waals surface area contributed by atoms with Gasteiger partial charge in [0.25, 0.3) is 0 Å². The van der Waals surface area contributed by atoms with Crippen molar-refractivity contribution >= 4 is 24.6 Å². The quantitative estimate of drug-likeness (QED) is 0.344. The molecule has 1 aromatic carbocycles. The maximum atomic E-state index is 11.7. The molecule has 0 bridgehead atoms. The standard InChI is InChI=1S/C14H16N5O4P.Na/c15-12-11-13(17-8-16-12)19(9-18-11)6-7-23-14(24(20,21)22)10-4-2-1-3-5-10;/h1-5,8-9,14H,6-7H2,(H2,15,16,17)(H2,20,21,22);/q;+1. The Morgan fingerprint density at radius 2 is 1.92 bits per heavy atom. The molecule has 4 N–H and O–H groups in total. The van der Waals surface area contributed by atoms with Crippen LogP contribution < -0.4 is 35.3 Å². The van der Waals surface area contributed by atoms with Gasteiger partial charge in [-0.1, -0.05) is 30.3 Å². The van der Waals surface area contributed by atoms with Crippen molar-refractivity contribution in [3.63, 3.8) is 0 Å². The fourth-order valence-electron chi connectivity index (χ4n) is 2.33. The third kappa shape index (κ3) is 4.65. The molecule has 0 saturated heterocycles. The molecule has 9 nitrogen and oxygen atoms in total. The number of aromatic nitrogens is 4. The van der Waals surface area contributed by atoms with Crippen LogP contribution in [0.15, 0.2) is 43.0 Å². The zero-order chi connectivity index (χ0) is 17.2. The number of nitrogens with two attached hydrogens (primary N) is 1. The van der Waals surface area contributed by atoms with Gasteiger partial charge in [-0.2, -0.15) is 0 Å². The molecule has 0 radical (unpaired) electrons. The topological polar surface area (TPSA) is 136 Å². The SMILES string of the molecule is Nc1ncnc2c1ncn2CCOC(c1ccccc1)P(=O)(O)O.[Na+]. The number of nitrogens with zero attached hydrogens (tertiary/aromatic N) is 4. The molecule has 3 aromatic rings. The molecule has 0 aliphatic carbocycles. The first-order valence-electron chi connectivity index (χ1n) is 7.10. The molecule has 25 heavy (non-hydrogen) atoms. The molecule has 2 heterocycles. The molecule has 1 unspecified atom stereocenters. The Balaban J connectivity index is 0.00000225. The van der Waals surface area contributed by atoms with Crippen LogP contribution >= 0.6 is 7.60 Å². The minimum absolute atomic E-state index is 0. The Hall–Kier alpha value is -1.32. The summed E-state index contributed by atoms with van der Waals surface area (Å²) in [6.07, 6.45) is 2.87. The molecule has 0 aliphatic heterocycles. The largest absolute Gasteiger partial charge is 1.00 e. The van der Waals surface area contributed by atoms with E-state index in [9.17, 15) is 14.4 Å². The van der Waals surface area contributed by atoms with Crippen molar-refractivity contribution in [2.75, 3.05) is 12.3 Å². The molecule has 0 fully saturated rings. The Bertz CT molecular complexity index is 885. The van der Waals surface area contributed by atoms with Gasteiger partial charge in [0.05, 0.1) is 12.9 Å². The van der Waals surface area contributed by atoms with Crippen LogP contribution in [0.1, 0.15) is 11.4 Å². The maximum absolute atomic E-state index is 11.7. The van der Waals surface area contributed by atoms with Crippen molar-refractivity contribution in [3.8, 4) is 0 Å². The summed E-state index contributed by atoms with van der Waals surface area (Å²) in [5.74, 6) is -1.04. The summed E-state index contributed by atoms with van der Waals surface area (Å²) in [6, 6.07) is 8.39. The van der Waals surface area contributed by atoms with E-state index in [2.05, 4.69) is 15.0 Å². The van der Waals surface area contributed by atoms with Gasteiger partial charge in [-0.05, 0) is 5.56 Å². The zero-order valence-corrected chi connectivity index (χ0v) is 16.5. The van der Waals surface area contributed by atoms with Crippen molar-refractivity contribution in [1.82, 2.24) is 19.5 Å². The van der Waals surface area contributed by atoms with E-state index in [-0.39, 0.29) is 42.0 Å². The third-order valence-electron chi connectivity index (χ3n) is 3.43. The maximum Gasteiger partial charge on any atom is 1.00 e. The van der Waals surface area contributed by atoms with Crippen LogP contribution in [0.25, 0.3) is 11.2 Å². The van der Waals surface area contributed by atoms with Gasteiger partial charge in [0.15, 0.2) is 17.3 Å².